The van der Waals surface area contributed by atoms with Crippen molar-refractivity contribution in [2.24, 2.45) is 0 Å². The number of ether oxygens (including phenoxy) is 1. The van der Waals surface area contributed by atoms with Gasteiger partial charge in [-0.25, -0.2) is 12.7 Å². The van der Waals surface area contributed by atoms with Crippen molar-refractivity contribution in [3.8, 4) is 5.75 Å². The lowest BCUT2D eigenvalue weighted by atomic mass is 10.3. The second-order valence-corrected chi connectivity index (χ2v) is 4.98. The van der Waals surface area contributed by atoms with Crippen molar-refractivity contribution >= 4 is 10.0 Å². The van der Waals surface area contributed by atoms with Crippen LogP contribution in [0.1, 0.15) is 0 Å². The minimum Gasteiger partial charge on any atom is -0.495 e. The lowest BCUT2D eigenvalue weighted by Crippen LogP contribution is -2.22. The molecule has 5 heteroatoms. The molecular weight excluding hydrogens is 202 g/mol. The maximum atomic E-state index is 11.7. The Morgan fingerprint density at radius 3 is 2.57 bits per heavy atom. The Kier molecular flexibility index (Phi) is 3.13. The molecule has 4 nitrogen and oxygen atoms in total. The fraction of sp³-hybridized carbons (Fsp3) is 0.333. The fourth-order valence-electron chi connectivity index (χ4n) is 0.970. The van der Waals surface area contributed by atoms with Gasteiger partial charge in [0.15, 0.2) is 0 Å². The molecule has 0 spiro atoms. The van der Waals surface area contributed by atoms with Gasteiger partial charge in [-0.1, -0.05) is 6.07 Å². The lowest BCUT2D eigenvalue weighted by molar-refractivity contribution is 0.400. The number of hydrogen-bond acceptors (Lipinski definition) is 3. The number of methoxy groups -OCH3 is 1. The summed E-state index contributed by atoms with van der Waals surface area (Å²) in [5.41, 5.74) is 0. The zero-order valence-electron chi connectivity index (χ0n) is 8.31. The van der Waals surface area contributed by atoms with Gasteiger partial charge < -0.3 is 4.74 Å². The predicted molar refractivity (Wildman–Crippen MR) is 52.7 cm³/mol. The van der Waals surface area contributed by atoms with Gasteiger partial charge in [0.25, 0.3) is 0 Å². The van der Waals surface area contributed by atoms with E-state index in [2.05, 4.69) is 6.07 Å². The molecule has 0 aromatic heterocycles. The van der Waals surface area contributed by atoms with Gasteiger partial charge in [0.2, 0.25) is 10.0 Å². The molecule has 0 aliphatic rings. The summed E-state index contributed by atoms with van der Waals surface area (Å²) in [7, 11) is 0.952. The zero-order valence-corrected chi connectivity index (χ0v) is 9.13. The molecule has 1 aromatic rings. The Morgan fingerprint density at radius 1 is 1.43 bits per heavy atom. The highest BCUT2D eigenvalue weighted by molar-refractivity contribution is 7.89. The third-order valence-electron chi connectivity index (χ3n) is 1.77. The molecule has 0 unspecified atom stereocenters. The van der Waals surface area contributed by atoms with Crippen LogP contribution in [0.3, 0.4) is 0 Å². The molecule has 0 aliphatic carbocycles. The van der Waals surface area contributed by atoms with Crippen LogP contribution in [0.2, 0.25) is 0 Å². The van der Waals surface area contributed by atoms with Crippen LogP contribution < -0.4 is 4.74 Å². The highest BCUT2D eigenvalue weighted by Gasteiger charge is 2.20. The first-order valence-electron chi connectivity index (χ1n) is 3.96. The van der Waals surface area contributed by atoms with E-state index in [0.717, 1.165) is 4.31 Å². The van der Waals surface area contributed by atoms with Crippen LogP contribution in [0.4, 0.5) is 0 Å². The molecule has 0 amide bonds. The molecule has 1 rings (SSSR count). The van der Waals surface area contributed by atoms with Gasteiger partial charge in [-0.05, 0) is 18.2 Å². The smallest absolute Gasteiger partial charge is 0.246 e. The van der Waals surface area contributed by atoms with Crippen molar-refractivity contribution in [2.45, 2.75) is 4.90 Å². The van der Waals surface area contributed by atoms with E-state index in [4.69, 9.17) is 4.74 Å². The maximum absolute atomic E-state index is 11.7. The average Bonchev–Trinajstić information content (AvgIpc) is 2.17. The Morgan fingerprint density at radius 2 is 2.07 bits per heavy atom. The number of rotatable bonds is 3. The average molecular weight is 214 g/mol. The van der Waals surface area contributed by atoms with E-state index in [-0.39, 0.29) is 4.90 Å². The predicted octanol–water partition coefficient (Wildman–Crippen LogP) is 0.746. The number of benzene rings is 1. The zero-order chi connectivity index (χ0) is 10.8. The second-order valence-electron chi connectivity index (χ2n) is 2.86. The molecule has 1 aromatic carbocycles. The van der Waals surface area contributed by atoms with Gasteiger partial charge in [-0.2, -0.15) is 0 Å². The minimum absolute atomic E-state index is 0.156. The summed E-state index contributed by atoms with van der Waals surface area (Å²) >= 11 is 0. The van der Waals surface area contributed by atoms with Gasteiger partial charge in [-0.3, -0.25) is 0 Å². The second kappa shape index (κ2) is 3.98. The fourth-order valence-corrected chi connectivity index (χ4v) is 2.00. The number of hydrogen-bond donors (Lipinski definition) is 0. The van der Waals surface area contributed by atoms with E-state index in [1.54, 1.807) is 6.07 Å². The van der Waals surface area contributed by atoms with Gasteiger partial charge in [0.05, 0.1) is 7.11 Å². The summed E-state index contributed by atoms with van der Waals surface area (Å²) in [5.74, 6) is 0.307. The highest BCUT2D eigenvalue weighted by Crippen LogP contribution is 2.24. The Bertz CT molecular complexity index is 412. The first kappa shape index (κ1) is 11.0. The van der Waals surface area contributed by atoms with E-state index in [9.17, 15) is 8.42 Å². The molecule has 77 valence electrons. The van der Waals surface area contributed by atoms with Crippen LogP contribution in [-0.2, 0) is 10.0 Å². The summed E-state index contributed by atoms with van der Waals surface area (Å²) < 4.78 is 29.6. The molecule has 14 heavy (non-hydrogen) atoms. The third kappa shape index (κ3) is 1.88. The van der Waals surface area contributed by atoms with Crippen molar-refractivity contribution in [1.82, 2.24) is 4.31 Å². The van der Waals surface area contributed by atoms with Gasteiger partial charge in [0, 0.05) is 14.1 Å². The summed E-state index contributed by atoms with van der Waals surface area (Å²) in [4.78, 5) is 0.156. The van der Waals surface area contributed by atoms with Crippen LogP contribution in [0.15, 0.2) is 23.1 Å². The van der Waals surface area contributed by atoms with Crippen molar-refractivity contribution in [2.75, 3.05) is 21.2 Å². The molecular formula is C9H12NO3S. The van der Waals surface area contributed by atoms with Gasteiger partial charge in [-0.15, -0.1) is 0 Å². The molecule has 0 N–H and O–H groups in total. The van der Waals surface area contributed by atoms with Crippen LogP contribution in [0.25, 0.3) is 0 Å². The molecule has 0 bridgehead atoms. The van der Waals surface area contributed by atoms with E-state index in [1.807, 2.05) is 0 Å². The minimum atomic E-state index is -3.43. The monoisotopic (exact) mass is 214 g/mol. The molecule has 0 heterocycles. The van der Waals surface area contributed by atoms with Gasteiger partial charge in [0.1, 0.15) is 10.6 Å². The summed E-state index contributed by atoms with van der Waals surface area (Å²) in [6.07, 6.45) is 0. The number of nitrogens with zero attached hydrogens (tertiary/aromatic N) is 1. The van der Waals surface area contributed by atoms with Crippen molar-refractivity contribution in [3.05, 3.63) is 24.3 Å². The maximum Gasteiger partial charge on any atom is 0.246 e. The van der Waals surface area contributed by atoms with Crippen LogP contribution in [0.5, 0.6) is 5.75 Å². The molecule has 0 saturated carbocycles. The molecule has 0 atom stereocenters. The highest BCUT2D eigenvalue weighted by atomic mass is 32.2. The summed E-state index contributed by atoms with van der Waals surface area (Å²) in [5, 5.41) is 0. The number of sulfonamides is 1. The molecule has 0 fully saturated rings. The van der Waals surface area contributed by atoms with Crippen molar-refractivity contribution < 1.29 is 13.2 Å². The summed E-state index contributed by atoms with van der Waals surface area (Å²) in [6.45, 7) is 0. The SMILES string of the molecule is COc1c[c]ccc1S(=O)(=O)N(C)C. The van der Waals surface area contributed by atoms with E-state index in [1.165, 1.54) is 33.3 Å². The van der Waals surface area contributed by atoms with Crippen LogP contribution in [-0.4, -0.2) is 33.9 Å². The molecule has 0 saturated heterocycles. The summed E-state index contributed by atoms with van der Waals surface area (Å²) in [6, 6.07) is 7.26. The first-order valence-corrected chi connectivity index (χ1v) is 5.40. The standard InChI is InChI=1S/C9H12NO3S/c1-10(2)14(11,12)9-7-5-4-6-8(9)13-3/h5-7H,1-3H3. The molecule has 0 aliphatic heterocycles. The quantitative estimate of drug-likeness (QED) is 0.745. The van der Waals surface area contributed by atoms with Gasteiger partial charge >= 0.3 is 0 Å². The van der Waals surface area contributed by atoms with E-state index >= 15 is 0 Å². The Balaban J connectivity index is 3.32. The molecule has 1 radical (unpaired) electrons. The van der Waals surface area contributed by atoms with Crippen molar-refractivity contribution in [3.63, 3.8) is 0 Å². The Labute approximate surface area is 84.2 Å². The third-order valence-corrected chi connectivity index (χ3v) is 3.62. The van der Waals surface area contributed by atoms with Crippen molar-refractivity contribution in [1.29, 1.82) is 0 Å². The van der Waals surface area contributed by atoms with Crippen LogP contribution in [0, 0.1) is 6.07 Å². The largest absolute Gasteiger partial charge is 0.495 e. The van der Waals surface area contributed by atoms with E-state index < -0.39 is 10.0 Å². The first-order chi connectivity index (χ1) is 6.50. The van der Waals surface area contributed by atoms with E-state index in [0.29, 0.717) is 5.75 Å². The Hall–Kier alpha value is -1.07. The normalized spacial score (nSPS) is 11.7. The van der Waals surface area contributed by atoms with Crippen LogP contribution >= 0.6 is 0 Å². The lowest BCUT2D eigenvalue weighted by Gasteiger charge is -2.13. The topological polar surface area (TPSA) is 46.6 Å².